The molecule has 2 heterocycles. The molecule has 0 spiro atoms. The Morgan fingerprint density at radius 1 is 1.11 bits per heavy atom. The Bertz CT molecular complexity index is 733. The predicted octanol–water partition coefficient (Wildman–Crippen LogP) is 2.99. The molecule has 2 aromatic heterocycles. The molecular weight excluding hydrogens is 240 g/mol. The van der Waals surface area contributed by atoms with Crippen molar-refractivity contribution in [1.82, 2.24) is 15.1 Å². The molecule has 0 fully saturated rings. The van der Waals surface area contributed by atoms with Crippen LogP contribution >= 0.6 is 0 Å². The monoisotopic (exact) mass is 254 g/mol. The summed E-state index contributed by atoms with van der Waals surface area (Å²) in [4.78, 5) is 8.54. The number of nitrogens with two attached hydrogens (primary N) is 1. The molecule has 2 N–H and O–H groups in total. The molecule has 0 radical (unpaired) electrons. The highest BCUT2D eigenvalue weighted by Gasteiger charge is 2.18. The van der Waals surface area contributed by atoms with Crippen LogP contribution in [0.4, 0.5) is 5.82 Å². The van der Waals surface area contributed by atoms with Gasteiger partial charge in [-0.1, -0.05) is 19.0 Å². The summed E-state index contributed by atoms with van der Waals surface area (Å²) in [6.45, 7) is 4.13. The first kappa shape index (κ1) is 11.6. The number of hydrogen-bond acceptors (Lipinski definition) is 5. The molecule has 0 amide bonds. The molecule has 96 valence electrons. The van der Waals surface area contributed by atoms with Gasteiger partial charge in [-0.3, -0.25) is 9.97 Å². The molecule has 5 heteroatoms. The molecule has 0 aliphatic carbocycles. The van der Waals surface area contributed by atoms with Crippen LogP contribution < -0.4 is 5.73 Å². The highest BCUT2D eigenvalue weighted by atomic mass is 16.5. The normalized spacial score (nSPS) is 11.3. The number of fused-ring (bicyclic) bond motifs is 1. The lowest BCUT2D eigenvalue weighted by Crippen LogP contribution is -1.95. The van der Waals surface area contributed by atoms with Crippen LogP contribution in [0, 0.1) is 0 Å². The van der Waals surface area contributed by atoms with Gasteiger partial charge in [-0.05, 0) is 24.1 Å². The van der Waals surface area contributed by atoms with Crippen molar-refractivity contribution in [3.63, 3.8) is 0 Å². The second-order valence-corrected chi connectivity index (χ2v) is 4.73. The maximum absolute atomic E-state index is 5.86. The van der Waals surface area contributed by atoms with Crippen molar-refractivity contribution in [2.24, 2.45) is 0 Å². The average molecular weight is 254 g/mol. The fourth-order valence-electron chi connectivity index (χ4n) is 2.18. The molecule has 0 saturated carbocycles. The van der Waals surface area contributed by atoms with E-state index >= 15 is 0 Å². The van der Waals surface area contributed by atoms with Crippen molar-refractivity contribution < 1.29 is 4.52 Å². The first-order valence-electron chi connectivity index (χ1n) is 6.13. The number of aromatic nitrogens is 3. The zero-order chi connectivity index (χ0) is 13.4. The molecule has 3 aromatic rings. The van der Waals surface area contributed by atoms with Gasteiger partial charge in [-0.25, -0.2) is 0 Å². The third kappa shape index (κ3) is 1.93. The topological polar surface area (TPSA) is 77.8 Å². The van der Waals surface area contributed by atoms with Gasteiger partial charge in [-0.2, -0.15) is 0 Å². The van der Waals surface area contributed by atoms with Gasteiger partial charge in [0, 0.05) is 23.5 Å². The zero-order valence-corrected chi connectivity index (χ0v) is 10.8. The van der Waals surface area contributed by atoms with Crippen LogP contribution in [0.25, 0.3) is 22.4 Å². The van der Waals surface area contributed by atoms with Crippen LogP contribution in [-0.2, 0) is 0 Å². The van der Waals surface area contributed by atoms with Gasteiger partial charge in [0.25, 0.3) is 0 Å². The van der Waals surface area contributed by atoms with E-state index in [1.807, 2.05) is 18.2 Å². The van der Waals surface area contributed by atoms with E-state index in [0.717, 1.165) is 22.2 Å². The molecule has 0 unspecified atom stereocenters. The fourth-order valence-corrected chi connectivity index (χ4v) is 2.18. The van der Waals surface area contributed by atoms with Crippen molar-refractivity contribution in [3.8, 4) is 11.3 Å². The molecular formula is C14H14N4O. The third-order valence-electron chi connectivity index (χ3n) is 3.06. The lowest BCUT2D eigenvalue weighted by Gasteiger charge is -2.05. The summed E-state index contributed by atoms with van der Waals surface area (Å²) in [6, 6.07) is 5.80. The Morgan fingerprint density at radius 2 is 1.84 bits per heavy atom. The SMILES string of the molecule is CC(C)c1c(N)noc1-c1ccc2nccnc2c1. The molecule has 0 bridgehead atoms. The van der Waals surface area contributed by atoms with Crippen molar-refractivity contribution in [2.45, 2.75) is 19.8 Å². The van der Waals surface area contributed by atoms with Crippen molar-refractivity contribution in [2.75, 3.05) is 5.73 Å². The number of benzene rings is 1. The van der Waals surface area contributed by atoms with E-state index < -0.39 is 0 Å². The van der Waals surface area contributed by atoms with E-state index in [4.69, 9.17) is 10.3 Å². The lowest BCUT2D eigenvalue weighted by atomic mass is 9.99. The van der Waals surface area contributed by atoms with Gasteiger partial charge < -0.3 is 10.3 Å². The van der Waals surface area contributed by atoms with Crippen molar-refractivity contribution >= 4 is 16.9 Å². The summed E-state index contributed by atoms with van der Waals surface area (Å²) in [7, 11) is 0. The summed E-state index contributed by atoms with van der Waals surface area (Å²) < 4.78 is 5.37. The zero-order valence-electron chi connectivity index (χ0n) is 10.8. The van der Waals surface area contributed by atoms with Gasteiger partial charge in [0.05, 0.1) is 11.0 Å². The fraction of sp³-hybridized carbons (Fsp3) is 0.214. The van der Waals surface area contributed by atoms with E-state index in [9.17, 15) is 0 Å². The van der Waals surface area contributed by atoms with Crippen LogP contribution in [0.3, 0.4) is 0 Å². The standard InChI is InChI=1S/C14H14N4O/c1-8(2)12-13(19-18-14(12)15)9-3-4-10-11(7-9)17-6-5-16-10/h3-8H,1-2H3,(H2,15,18). The second-order valence-electron chi connectivity index (χ2n) is 4.73. The van der Waals surface area contributed by atoms with E-state index in [2.05, 4.69) is 29.0 Å². The first-order chi connectivity index (χ1) is 9.16. The number of hydrogen-bond donors (Lipinski definition) is 1. The van der Waals surface area contributed by atoms with Gasteiger partial charge in [0.2, 0.25) is 0 Å². The quantitative estimate of drug-likeness (QED) is 0.760. The largest absolute Gasteiger partial charge is 0.381 e. The minimum absolute atomic E-state index is 0.249. The molecule has 5 nitrogen and oxygen atoms in total. The summed E-state index contributed by atoms with van der Waals surface area (Å²) in [5.41, 5.74) is 9.39. The van der Waals surface area contributed by atoms with Gasteiger partial charge in [0.1, 0.15) is 0 Å². The van der Waals surface area contributed by atoms with E-state index in [-0.39, 0.29) is 5.92 Å². The van der Waals surface area contributed by atoms with Crippen LogP contribution in [0.1, 0.15) is 25.3 Å². The Hall–Kier alpha value is -2.43. The van der Waals surface area contributed by atoms with Crippen LogP contribution in [0.5, 0.6) is 0 Å². The summed E-state index contributed by atoms with van der Waals surface area (Å²) in [6.07, 6.45) is 3.35. The van der Waals surface area contributed by atoms with Crippen LogP contribution in [0.2, 0.25) is 0 Å². The molecule has 0 aliphatic heterocycles. The van der Waals surface area contributed by atoms with E-state index in [0.29, 0.717) is 11.6 Å². The highest BCUT2D eigenvalue weighted by molar-refractivity contribution is 5.81. The molecule has 0 saturated heterocycles. The van der Waals surface area contributed by atoms with E-state index in [1.54, 1.807) is 12.4 Å². The smallest absolute Gasteiger partial charge is 0.172 e. The Kier molecular flexibility index (Phi) is 2.67. The number of rotatable bonds is 2. The maximum atomic E-state index is 5.86. The Labute approximate surface area is 110 Å². The van der Waals surface area contributed by atoms with Crippen molar-refractivity contribution in [3.05, 3.63) is 36.2 Å². The van der Waals surface area contributed by atoms with Crippen LogP contribution in [0.15, 0.2) is 35.1 Å². The summed E-state index contributed by atoms with van der Waals surface area (Å²) in [5, 5.41) is 3.86. The summed E-state index contributed by atoms with van der Waals surface area (Å²) in [5.74, 6) is 1.41. The van der Waals surface area contributed by atoms with Gasteiger partial charge in [-0.15, -0.1) is 0 Å². The van der Waals surface area contributed by atoms with Crippen LogP contribution in [-0.4, -0.2) is 15.1 Å². The molecule has 0 aliphatic rings. The maximum Gasteiger partial charge on any atom is 0.172 e. The Morgan fingerprint density at radius 3 is 2.58 bits per heavy atom. The summed E-state index contributed by atoms with van der Waals surface area (Å²) >= 11 is 0. The predicted molar refractivity (Wildman–Crippen MR) is 73.5 cm³/mol. The minimum Gasteiger partial charge on any atom is -0.381 e. The number of anilines is 1. The number of nitrogens with zero attached hydrogens (tertiary/aromatic N) is 3. The van der Waals surface area contributed by atoms with Gasteiger partial charge in [0.15, 0.2) is 11.6 Å². The third-order valence-corrected chi connectivity index (χ3v) is 3.06. The molecule has 3 rings (SSSR count). The highest BCUT2D eigenvalue weighted by Crippen LogP contribution is 2.34. The molecule has 0 atom stereocenters. The average Bonchev–Trinajstić information content (AvgIpc) is 2.80. The lowest BCUT2D eigenvalue weighted by molar-refractivity contribution is 0.434. The second kappa shape index (κ2) is 4.35. The molecule has 19 heavy (non-hydrogen) atoms. The molecule has 1 aromatic carbocycles. The van der Waals surface area contributed by atoms with Gasteiger partial charge >= 0.3 is 0 Å². The van der Waals surface area contributed by atoms with E-state index in [1.165, 1.54) is 0 Å². The Balaban J connectivity index is 2.19. The van der Waals surface area contributed by atoms with Crippen molar-refractivity contribution in [1.29, 1.82) is 0 Å². The minimum atomic E-state index is 0.249. The number of nitrogen functional groups attached to an aromatic ring is 1. The first-order valence-corrected chi connectivity index (χ1v) is 6.13.